The number of benzene rings is 2. The molecule has 2 aromatic rings. The zero-order valence-corrected chi connectivity index (χ0v) is 15.7. The second kappa shape index (κ2) is 8.47. The molecule has 25 heavy (non-hydrogen) atoms. The summed E-state index contributed by atoms with van der Waals surface area (Å²) in [5.74, 6) is -0.288. The van der Waals surface area contributed by atoms with Crippen molar-refractivity contribution >= 4 is 27.5 Å². The first-order valence-electron chi connectivity index (χ1n) is 7.88. The van der Waals surface area contributed by atoms with Crippen LogP contribution in [0.5, 0.6) is 0 Å². The van der Waals surface area contributed by atoms with Gasteiger partial charge in [0, 0.05) is 17.6 Å². The Hall–Kier alpha value is -1.89. The third kappa shape index (κ3) is 5.56. The van der Waals surface area contributed by atoms with Gasteiger partial charge in [0.25, 0.3) is 0 Å². The molecule has 2 aromatic carbocycles. The molecule has 134 valence electrons. The molecule has 0 fully saturated rings. The highest BCUT2D eigenvalue weighted by Gasteiger charge is 2.21. The second-order valence-electron chi connectivity index (χ2n) is 5.88. The van der Waals surface area contributed by atoms with E-state index in [4.69, 9.17) is 11.6 Å². The summed E-state index contributed by atoms with van der Waals surface area (Å²) < 4.78 is 26.9. The van der Waals surface area contributed by atoms with Gasteiger partial charge in [0.2, 0.25) is 15.9 Å². The van der Waals surface area contributed by atoms with Gasteiger partial charge in [0.1, 0.15) is 0 Å². The lowest BCUT2D eigenvalue weighted by Gasteiger charge is -2.27. The van der Waals surface area contributed by atoms with E-state index >= 15 is 0 Å². The molecule has 2 rings (SSSR count). The van der Waals surface area contributed by atoms with E-state index in [9.17, 15) is 13.2 Å². The summed E-state index contributed by atoms with van der Waals surface area (Å²) in [5, 5.41) is 0.321. The Kier molecular flexibility index (Phi) is 6.58. The van der Waals surface area contributed by atoms with Gasteiger partial charge in [-0.3, -0.25) is 4.79 Å². The van der Waals surface area contributed by atoms with Gasteiger partial charge < -0.3 is 4.90 Å². The van der Waals surface area contributed by atoms with Crippen LogP contribution in [0.4, 0.5) is 0 Å². The molecule has 0 aliphatic carbocycles. The average molecular weight is 381 g/mol. The maximum atomic E-state index is 12.5. The normalized spacial score (nSPS) is 11.5. The van der Waals surface area contributed by atoms with Crippen molar-refractivity contribution in [1.29, 1.82) is 0 Å². The molecule has 0 aromatic heterocycles. The fourth-order valence-corrected chi connectivity index (χ4v) is 3.59. The molecule has 7 heteroatoms. The smallest absolute Gasteiger partial charge is 0.241 e. The molecule has 1 amide bonds. The summed E-state index contributed by atoms with van der Waals surface area (Å²) in [4.78, 5) is 14.2. The van der Waals surface area contributed by atoms with Gasteiger partial charge in [-0.1, -0.05) is 48.0 Å². The van der Waals surface area contributed by atoms with E-state index in [0.29, 0.717) is 11.6 Å². The summed E-state index contributed by atoms with van der Waals surface area (Å²) in [6.07, 6.45) is 0. The fourth-order valence-electron chi connectivity index (χ4n) is 2.31. The van der Waals surface area contributed by atoms with E-state index in [-0.39, 0.29) is 23.4 Å². The monoisotopic (exact) mass is 380 g/mol. The molecular formula is C18H21ClN2O3S. The molecule has 0 atom stereocenters. The number of amides is 1. The lowest BCUT2D eigenvalue weighted by molar-refractivity contribution is -0.132. The highest BCUT2D eigenvalue weighted by Crippen LogP contribution is 2.15. The quantitative estimate of drug-likeness (QED) is 0.802. The number of sulfonamides is 1. The van der Waals surface area contributed by atoms with E-state index < -0.39 is 10.0 Å². The van der Waals surface area contributed by atoms with Crippen molar-refractivity contribution in [2.45, 2.75) is 31.3 Å². The lowest BCUT2D eigenvalue weighted by atomic mass is 10.2. The first-order chi connectivity index (χ1) is 11.8. The first kappa shape index (κ1) is 19.4. The summed E-state index contributed by atoms with van der Waals surface area (Å²) in [6.45, 7) is 3.91. The molecule has 0 heterocycles. The van der Waals surface area contributed by atoms with E-state index in [1.54, 1.807) is 17.0 Å². The summed E-state index contributed by atoms with van der Waals surface area (Å²) in [7, 11) is -3.79. The van der Waals surface area contributed by atoms with Gasteiger partial charge in [-0.2, -0.15) is 0 Å². The molecular weight excluding hydrogens is 360 g/mol. The standard InChI is InChI=1S/C18H21ClN2O3S/c1-14(2)21(13-15-7-4-3-5-8-15)18(22)12-20-25(23,24)17-10-6-9-16(19)11-17/h3-11,14,20H,12-13H2,1-2H3. The fraction of sp³-hybridized carbons (Fsp3) is 0.278. The summed E-state index contributed by atoms with van der Waals surface area (Å²) >= 11 is 5.83. The Balaban J connectivity index is 2.06. The third-order valence-electron chi connectivity index (χ3n) is 3.66. The topological polar surface area (TPSA) is 66.5 Å². The maximum absolute atomic E-state index is 12.5. The van der Waals surface area contributed by atoms with Crippen molar-refractivity contribution in [3.8, 4) is 0 Å². The van der Waals surface area contributed by atoms with E-state index in [0.717, 1.165) is 5.56 Å². The number of nitrogens with one attached hydrogen (secondary N) is 1. The number of carbonyl (C=O) groups excluding carboxylic acids is 1. The minimum atomic E-state index is -3.79. The van der Waals surface area contributed by atoms with Gasteiger partial charge in [0.05, 0.1) is 11.4 Å². The molecule has 0 spiro atoms. The molecule has 0 aliphatic heterocycles. The third-order valence-corrected chi connectivity index (χ3v) is 5.29. The second-order valence-corrected chi connectivity index (χ2v) is 8.09. The Morgan fingerprint density at radius 1 is 1.12 bits per heavy atom. The van der Waals surface area contributed by atoms with Crippen molar-refractivity contribution in [3.05, 3.63) is 65.2 Å². The zero-order chi connectivity index (χ0) is 18.4. The Morgan fingerprint density at radius 3 is 2.40 bits per heavy atom. The summed E-state index contributed by atoms with van der Waals surface area (Å²) in [5.41, 5.74) is 0.988. The van der Waals surface area contributed by atoms with Crippen LogP contribution in [0, 0.1) is 0 Å². The van der Waals surface area contributed by atoms with Crippen LogP contribution in [0.3, 0.4) is 0 Å². The zero-order valence-electron chi connectivity index (χ0n) is 14.1. The number of hydrogen-bond acceptors (Lipinski definition) is 3. The number of hydrogen-bond donors (Lipinski definition) is 1. The molecule has 0 aliphatic rings. The molecule has 0 unspecified atom stereocenters. The predicted octanol–water partition coefficient (Wildman–Crippen LogP) is 3.06. The van der Waals surface area contributed by atoms with Crippen LogP contribution in [-0.2, 0) is 21.4 Å². The van der Waals surface area contributed by atoms with Crippen LogP contribution >= 0.6 is 11.6 Å². The Bertz CT molecular complexity index is 823. The number of nitrogens with zero attached hydrogens (tertiary/aromatic N) is 1. The van der Waals surface area contributed by atoms with Crippen LogP contribution in [-0.4, -0.2) is 31.8 Å². The van der Waals surface area contributed by atoms with Crippen LogP contribution in [0.15, 0.2) is 59.5 Å². The highest BCUT2D eigenvalue weighted by molar-refractivity contribution is 7.89. The number of halogens is 1. The average Bonchev–Trinajstić information content (AvgIpc) is 2.58. The lowest BCUT2D eigenvalue weighted by Crippen LogP contribution is -2.43. The van der Waals surface area contributed by atoms with Gasteiger partial charge in [-0.05, 0) is 37.6 Å². The Labute approximate surface area is 153 Å². The molecule has 0 bridgehead atoms. The largest absolute Gasteiger partial charge is 0.335 e. The van der Waals surface area contributed by atoms with E-state index in [1.807, 2.05) is 44.2 Å². The molecule has 0 radical (unpaired) electrons. The van der Waals surface area contributed by atoms with Crippen LogP contribution < -0.4 is 4.72 Å². The first-order valence-corrected chi connectivity index (χ1v) is 9.74. The molecule has 1 N–H and O–H groups in total. The minimum Gasteiger partial charge on any atom is -0.335 e. The minimum absolute atomic E-state index is 0.0342. The van der Waals surface area contributed by atoms with Crippen molar-refractivity contribution in [2.75, 3.05) is 6.54 Å². The van der Waals surface area contributed by atoms with Crippen molar-refractivity contribution < 1.29 is 13.2 Å². The van der Waals surface area contributed by atoms with Crippen LogP contribution in [0.1, 0.15) is 19.4 Å². The van der Waals surface area contributed by atoms with Crippen LogP contribution in [0.25, 0.3) is 0 Å². The number of carbonyl (C=O) groups is 1. The van der Waals surface area contributed by atoms with E-state index in [2.05, 4.69) is 4.72 Å². The molecule has 5 nitrogen and oxygen atoms in total. The van der Waals surface area contributed by atoms with Crippen LogP contribution in [0.2, 0.25) is 5.02 Å². The predicted molar refractivity (Wildman–Crippen MR) is 98.8 cm³/mol. The molecule has 0 saturated carbocycles. The SMILES string of the molecule is CC(C)N(Cc1ccccc1)C(=O)CNS(=O)(=O)c1cccc(Cl)c1. The van der Waals surface area contributed by atoms with Crippen molar-refractivity contribution in [1.82, 2.24) is 9.62 Å². The van der Waals surface area contributed by atoms with Crippen molar-refractivity contribution in [2.24, 2.45) is 0 Å². The highest BCUT2D eigenvalue weighted by atomic mass is 35.5. The maximum Gasteiger partial charge on any atom is 0.241 e. The summed E-state index contributed by atoms with van der Waals surface area (Å²) in [6, 6.07) is 15.4. The Morgan fingerprint density at radius 2 is 1.80 bits per heavy atom. The van der Waals surface area contributed by atoms with Gasteiger partial charge in [0.15, 0.2) is 0 Å². The van der Waals surface area contributed by atoms with E-state index in [1.165, 1.54) is 12.1 Å². The van der Waals surface area contributed by atoms with Gasteiger partial charge >= 0.3 is 0 Å². The molecule has 0 saturated heterocycles. The van der Waals surface area contributed by atoms with Crippen molar-refractivity contribution in [3.63, 3.8) is 0 Å². The van der Waals surface area contributed by atoms with Gasteiger partial charge in [-0.15, -0.1) is 0 Å². The number of rotatable bonds is 7. The van der Waals surface area contributed by atoms with Gasteiger partial charge in [-0.25, -0.2) is 13.1 Å².